The molecule has 224 valence electrons. The van der Waals surface area contributed by atoms with Gasteiger partial charge in [-0.15, -0.1) is 0 Å². The van der Waals surface area contributed by atoms with E-state index >= 15 is 0 Å². The van der Waals surface area contributed by atoms with Crippen LogP contribution < -0.4 is 11.1 Å². The number of anilines is 1. The van der Waals surface area contributed by atoms with Crippen LogP contribution in [0.4, 0.5) is 10.1 Å². The normalized spacial score (nSPS) is 16.3. The van der Waals surface area contributed by atoms with Crippen LogP contribution in [-0.2, 0) is 16.1 Å². The van der Waals surface area contributed by atoms with E-state index in [1.807, 2.05) is 6.07 Å². The third kappa shape index (κ3) is 5.20. The summed E-state index contributed by atoms with van der Waals surface area (Å²) in [5, 5.41) is 16.0. The van der Waals surface area contributed by atoms with Gasteiger partial charge in [-0.3, -0.25) is 24.0 Å². The molecule has 2 atom stereocenters. The predicted octanol–water partition coefficient (Wildman–Crippen LogP) is 2.50. The van der Waals surface area contributed by atoms with Gasteiger partial charge in [0.2, 0.25) is 11.8 Å². The number of H-pyrrole nitrogens is 1. The lowest BCUT2D eigenvalue weighted by Crippen LogP contribution is -2.44. The molecule has 14 nitrogen and oxygen atoms in total. The SMILES string of the molecule is NC(=O)c1nn(CC(=O)N2CC(F)CC2C(=O)Nc2cncc(-c3ncnc4[nH]ccc34)c2)c2ccc(-c3ccnnc3)cc12. The maximum Gasteiger partial charge on any atom is 0.269 e. The third-order valence-electron chi connectivity index (χ3n) is 7.69. The number of pyridine rings is 1. The minimum absolute atomic E-state index is 0.0197. The first-order chi connectivity index (χ1) is 21.9. The third-order valence-corrected chi connectivity index (χ3v) is 7.69. The summed E-state index contributed by atoms with van der Waals surface area (Å²) in [5.41, 5.74) is 9.86. The van der Waals surface area contributed by atoms with E-state index in [-0.39, 0.29) is 25.2 Å². The molecule has 6 heterocycles. The lowest BCUT2D eigenvalue weighted by molar-refractivity contribution is -0.137. The molecule has 7 rings (SSSR count). The highest BCUT2D eigenvalue weighted by Crippen LogP contribution is 2.29. The number of aromatic amines is 1. The minimum atomic E-state index is -1.40. The fourth-order valence-corrected chi connectivity index (χ4v) is 5.62. The Morgan fingerprint density at radius 2 is 1.89 bits per heavy atom. The summed E-state index contributed by atoms with van der Waals surface area (Å²) in [6.07, 6.45) is 7.80. The number of halogens is 1. The fourth-order valence-electron chi connectivity index (χ4n) is 5.62. The van der Waals surface area contributed by atoms with Crippen LogP contribution >= 0.6 is 0 Å². The van der Waals surface area contributed by atoms with Crippen molar-refractivity contribution >= 4 is 45.3 Å². The molecule has 0 aliphatic carbocycles. The number of nitrogens with one attached hydrogen (secondary N) is 2. The van der Waals surface area contributed by atoms with E-state index in [9.17, 15) is 18.8 Å². The van der Waals surface area contributed by atoms with Gasteiger partial charge in [0.15, 0.2) is 5.69 Å². The molecule has 3 amide bonds. The van der Waals surface area contributed by atoms with Gasteiger partial charge in [-0.25, -0.2) is 14.4 Å². The second-order valence-electron chi connectivity index (χ2n) is 10.5. The molecule has 1 aliphatic heterocycles. The standard InChI is InChI=1S/C30H24FN11O3/c31-19-9-24(30(45)39-20-7-18(10-33-12-20)26-21-4-5-34-29(21)36-15-35-26)41(13-19)25(43)14-42-23-2-1-16(17-3-6-37-38-11-17)8-22(23)27(40-42)28(32)44/h1-8,10-12,15,19,24H,9,13-14H2,(H2,32,44)(H,39,45)(H,34,35,36). The number of rotatable bonds is 7. The summed E-state index contributed by atoms with van der Waals surface area (Å²) in [5.74, 6) is -1.87. The van der Waals surface area contributed by atoms with E-state index < -0.39 is 29.9 Å². The summed E-state index contributed by atoms with van der Waals surface area (Å²) in [4.78, 5) is 56.2. The average molecular weight is 606 g/mol. The van der Waals surface area contributed by atoms with Crippen LogP contribution in [0.1, 0.15) is 16.9 Å². The Bertz CT molecular complexity index is 2100. The fraction of sp³-hybridized carbons (Fsp3) is 0.167. The summed E-state index contributed by atoms with van der Waals surface area (Å²) in [6.45, 7) is -0.601. The van der Waals surface area contributed by atoms with Crippen molar-refractivity contribution in [1.82, 2.24) is 44.8 Å². The maximum absolute atomic E-state index is 14.7. The van der Waals surface area contributed by atoms with Crippen LogP contribution in [-0.4, -0.2) is 81.3 Å². The van der Waals surface area contributed by atoms with Gasteiger partial charge in [-0.1, -0.05) is 6.07 Å². The number of carbonyl (C=O) groups excluding carboxylic acids is 3. The van der Waals surface area contributed by atoms with Crippen LogP contribution in [0.3, 0.4) is 0 Å². The van der Waals surface area contributed by atoms with Crippen molar-refractivity contribution in [3.8, 4) is 22.4 Å². The largest absolute Gasteiger partial charge is 0.364 e. The topological polar surface area (TPSA) is 191 Å². The number of likely N-dealkylation sites (tertiary alicyclic amines) is 1. The van der Waals surface area contributed by atoms with Crippen LogP contribution in [0.5, 0.6) is 0 Å². The van der Waals surface area contributed by atoms with Crippen LogP contribution in [0, 0.1) is 0 Å². The molecule has 1 aliphatic rings. The number of alkyl halides is 1. The Labute approximate surface area is 253 Å². The molecule has 0 radical (unpaired) electrons. The van der Waals surface area contributed by atoms with Crippen LogP contribution in [0.2, 0.25) is 0 Å². The Kier molecular flexibility index (Phi) is 6.88. The first-order valence-electron chi connectivity index (χ1n) is 13.9. The quantitative estimate of drug-likeness (QED) is 0.245. The number of hydrogen-bond acceptors (Lipinski definition) is 9. The Morgan fingerprint density at radius 1 is 1.00 bits per heavy atom. The van der Waals surface area contributed by atoms with Crippen LogP contribution in [0.25, 0.3) is 44.3 Å². The predicted molar refractivity (Wildman–Crippen MR) is 160 cm³/mol. The highest BCUT2D eigenvalue weighted by molar-refractivity contribution is 6.05. The van der Waals surface area contributed by atoms with E-state index in [1.165, 1.54) is 22.1 Å². The van der Waals surface area contributed by atoms with Crippen molar-refractivity contribution in [2.45, 2.75) is 25.2 Å². The van der Waals surface area contributed by atoms with Gasteiger partial charge in [-0.05, 0) is 35.9 Å². The monoisotopic (exact) mass is 605 g/mol. The smallest absolute Gasteiger partial charge is 0.269 e. The summed E-state index contributed by atoms with van der Waals surface area (Å²) >= 11 is 0. The van der Waals surface area contributed by atoms with E-state index in [0.29, 0.717) is 33.5 Å². The molecule has 4 N–H and O–H groups in total. The molecule has 5 aromatic heterocycles. The van der Waals surface area contributed by atoms with E-state index in [1.54, 1.807) is 55.1 Å². The number of nitrogens with zero attached hydrogens (tertiary/aromatic N) is 8. The van der Waals surface area contributed by atoms with Gasteiger partial charge in [0, 0.05) is 40.7 Å². The molecule has 0 spiro atoms. The molecule has 0 bridgehead atoms. The Hall–Kier alpha value is -6.12. The molecule has 15 heteroatoms. The number of carbonyl (C=O) groups is 3. The van der Waals surface area contributed by atoms with Gasteiger partial charge in [0.25, 0.3) is 5.91 Å². The number of aromatic nitrogens is 8. The first-order valence-corrected chi connectivity index (χ1v) is 13.9. The molecular weight excluding hydrogens is 581 g/mol. The molecule has 1 aromatic carbocycles. The van der Waals surface area contributed by atoms with E-state index in [0.717, 1.165) is 16.5 Å². The van der Waals surface area contributed by atoms with Crippen molar-refractivity contribution in [3.63, 3.8) is 0 Å². The first kappa shape index (κ1) is 27.7. The maximum atomic E-state index is 14.7. The second-order valence-corrected chi connectivity index (χ2v) is 10.5. The Morgan fingerprint density at radius 3 is 2.71 bits per heavy atom. The molecule has 45 heavy (non-hydrogen) atoms. The molecular formula is C30H24FN11O3. The number of primary amides is 1. The summed E-state index contributed by atoms with van der Waals surface area (Å²) < 4.78 is 16.0. The molecule has 1 fully saturated rings. The Balaban J connectivity index is 1.12. The van der Waals surface area contributed by atoms with E-state index in [4.69, 9.17) is 5.73 Å². The summed E-state index contributed by atoms with van der Waals surface area (Å²) in [7, 11) is 0. The molecule has 0 saturated carbocycles. The van der Waals surface area contributed by atoms with E-state index in [2.05, 4.69) is 40.5 Å². The number of amides is 3. The van der Waals surface area contributed by atoms with Crippen molar-refractivity contribution < 1.29 is 18.8 Å². The van der Waals surface area contributed by atoms with Crippen LogP contribution in [0.15, 0.2) is 73.7 Å². The number of nitrogens with two attached hydrogens (primary N) is 1. The lowest BCUT2D eigenvalue weighted by Gasteiger charge is -2.23. The summed E-state index contributed by atoms with van der Waals surface area (Å²) in [6, 6.07) is 9.46. The zero-order valence-electron chi connectivity index (χ0n) is 23.5. The van der Waals surface area contributed by atoms with Crippen molar-refractivity contribution in [2.75, 3.05) is 11.9 Å². The second kappa shape index (κ2) is 11.2. The van der Waals surface area contributed by atoms with Gasteiger partial charge in [0.1, 0.15) is 30.7 Å². The zero-order chi connectivity index (χ0) is 31.1. The van der Waals surface area contributed by atoms with Gasteiger partial charge >= 0.3 is 0 Å². The van der Waals surface area contributed by atoms with Gasteiger partial charge in [0.05, 0.1) is 42.0 Å². The lowest BCUT2D eigenvalue weighted by atomic mass is 10.0. The molecule has 2 unspecified atom stereocenters. The highest BCUT2D eigenvalue weighted by Gasteiger charge is 2.40. The number of benzene rings is 1. The minimum Gasteiger partial charge on any atom is -0.364 e. The van der Waals surface area contributed by atoms with Crippen molar-refractivity contribution in [2.24, 2.45) is 5.73 Å². The van der Waals surface area contributed by atoms with Crippen molar-refractivity contribution in [1.29, 1.82) is 0 Å². The zero-order valence-corrected chi connectivity index (χ0v) is 23.5. The number of fused-ring (bicyclic) bond motifs is 2. The van der Waals surface area contributed by atoms with Gasteiger partial charge < -0.3 is 20.9 Å². The van der Waals surface area contributed by atoms with Gasteiger partial charge in [-0.2, -0.15) is 15.3 Å². The average Bonchev–Trinajstić information content (AvgIpc) is 3.78. The van der Waals surface area contributed by atoms with Crippen molar-refractivity contribution in [3.05, 3.63) is 79.4 Å². The molecule has 6 aromatic rings. The highest BCUT2D eigenvalue weighted by atomic mass is 19.1. The molecule has 1 saturated heterocycles. The number of hydrogen-bond donors (Lipinski definition) is 3.